The van der Waals surface area contributed by atoms with E-state index in [9.17, 15) is 35.5 Å². The molecule has 2 N–H and O–H groups in total. The summed E-state index contributed by atoms with van der Waals surface area (Å²) in [4.78, 5) is 26.6. The maximum atomic E-state index is 13.8. The van der Waals surface area contributed by atoms with Gasteiger partial charge < -0.3 is 24.5 Å². The second-order valence-corrected chi connectivity index (χ2v) is 12.2. The van der Waals surface area contributed by atoms with Crippen LogP contribution >= 0.6 is 0 Å². The Balaban J connectivity index is 0.00000264. The Morgan fingerprint density at radius 2 is 1.23 bits per heavy atom. The predicted octanol–water partition coefficient (Wildman–Crippen LogP) is -1.53. The summed E-state index contributed by atoms with van der Waals surface area (Å²) in [5.41, 5.74) is 0.952. The van der Waals surface area contributed by atoms with E-state index in [1.54, 1.807) is 12.1 Å². The molecule has 1 aliphatic carbocycles. The van der Waals surface area contributed by atoms with Crippen LogP contribution in [0.15, 0.2) is 76.5 Å². The van der Waals surface area contributed by atoms with Crippen LogP contribution in [-0.4, -0.2) is 44.6 Å². The molecule has 0 amide bonds. The standard InChI is InChI=1S/C29H24N2O9S2.2Na/c1-15-8-10-17(12-23(15)41(34,35)36)31-21-14-22(40-18-11-9-16(2)24(13-18)42(37,38)39)27(30-3)26-25(21)28(32)19-6-4-5-7-20(19)29(26)33;;/h4-14,30-31H,1-3H3,(H,34,35,36)(H,37,38,39);;/q;2*+1/p-2. The molecule has 0 spiro atoms. The van der Waals surface area contributed by atoms with Gasteiger partial charge in [-0.05, 0) is 49.2 Å². The van der Waals surface area contributed by atoms with Gasteiger partial charge in [0, 0.05) is 29.9 Å². The summed E-state index contributed by atoms with van der Waals surface area (Å²) in [6, 6.07) is 15.5. The number of hydrogen-bond acceptors (Lipinski definition) is 11. The van der Waals surface area contributed by atoms with E-state index in [-0.39, 0.29) is 121 Å². The summed E-state index contributed by atoms with van der Waals surface area (Å²) in [6.07, 6.45) is 0. The molecule has 0 aliphatic heterocycles. The van der Waals surface area contributed by atoms with Crippen molar-refractivity contribution >= 4 is 48.9 Å². The van der Waals surface area contributed by atoms with E-state index in [1.807, 2.05) is 0 Å². The van der Waals surface area contributed by atoms with E-state index in [4.69, 9.17) is 4.74 Å². The third kappa shape index (κ3) is 6.82. The molecule has 5 rings (SSSR count). The Morgan fingerprint density at radius 3 is 1.77 bits per heavy atom. The predicted molar refractivity (Wildman–Crippen MR) is 151 cm³/mol. The maximum Gasteiger partial charge on any atom is 1.00 e. The van der Waals surface area contributed by atoms with E-state index in [0.29, 0.717) is 0 Å². The smallest absolute Gasteiger partial charge is 0.744 e. The molecule has 216 valence electrons. The first-order valence-electron chi connectivity index (χ1n) is 12.4. The Morgan fingerprint density at radius 1 is 0.705 bits per heavy atom. The average molecular weight is 653 g/mol. The second-order valence-electron chi connectivity index (χ2n) is 9.54. The number of ether oxygens (including phenoxy) is 1. The molecule has 0 saturated carbocycles. The fourth-order valence-electron chi connectivity index (χ4n) is 4.84. The Bertz CT molecular complexity index is 2050. The largest absolute Gasteiger partial charge is 1.00 e. The first-order valence-corrected chi connectivity index (χ1v) is 15.2. The quantitative estimate of drug-likeness (QED) is 0.154. The van der Waals surface area contributed by atoms with E-state index in [0.717, 1.165) is 12.1 Å². The minimum Gasteiger partial charge on any atom is -0.744 e. The molecule has 0 heterocycles. The number of hydrogen-bond donors (Lipinski definition) is 2. The van der Waals surface area contributed by atoms with Crippen LogP contribution in [-0.2, 0) is 20.2 Å². The third-order valence-electron chi connectivity index (χ3n) is 6.80. The van der Waals surface area contributed by atoms with Crippen LogP contribution in [0.3, 0.4) is 0 Å². The molecule has 4 aromatic rings. The SMILES string of the molecule is CNc1c(Oc2ccc(C)c(S(=O)(=O)[O-])c2)cc(Nc2ccc(C)c(S(=O)(=O)[O-])c2)c2c1C(=O)c1ccccc1C2=O.[Na+].[Na+]. The van der Waals surface area contributed by atoms with Crippen molar-refractivity contribution in [1.82, 2.24) is 0 Å². The number of benzene rings is 4. The molecule has 4 aromatic carbocycles. The molecule has 0 atom stereocenters. The van der Waals surface area contributed by atoms with E-state index >= 15 is 0 Å². The van der Waals surface area contributed by atoms with Gasteiger partial charge in [0.25, 0.3) is 0 Å². The van der Waals surface area contributed by atoms with Gasteiger partial charge in [0.2, 0.25) is 0 Å². The van der Waals surface area contributed by atoms with Crippen molar-refractivity contribution in [2.24, 2.45) is 0 Å². The fraction of sp³-hybridized carbons (Fsp3) is 0.103. The van der Waals surface area contributed by atoms with E-state index < -0.39 is 41.6 Å². The molecule has 0 unspecified atom stereocenters. The molecular weight excluding hydrogens is 630 g/mol. The number of carbonyl (C=O) groups is 2. The number of anilines is 3. The number of rotatable bonds is 7. The van der Waals surface area contributed by atoms with E-state index in [1.165, 1.54) is 63.4 Å². The van der Waals surface area contributed by atoms with Crippen molar-refractivity contribution in [1.29, 1.82) is 0 Å². The summed E-state index contributed by atoms with van der Waals surface area (Å²) in [5.74, 6) is -1.05. The molecule has 15 heteroatoms. The summed E-state index contributed by atoms with van der Waals surface area (Å²) in [7, 11) is -8.15. The summed E-state index contributed by atoms with van der Waals surface area (Å²) in [6.45, 7) is 2.91. The zero-order valence-corrected chi connectivity index (χ0v) is 30.0. The average Bonchev–Trinajstić information content (AvgIpc) is 2.92. The maximum absolute atomic E-state index is 13.8. The van der Waals surface area contributed by atoms with Crippen LogP contribution in [0.1, 0.15) is 43.0 Å². The van der Waals surface area contributed by atoms with Crippen LogP contribution < -0.4 is 74.5 Å². The number of nitrogens with one attached hydrogen (secondary N) is 2. The van der Waals surface area contributed by atoms with E-state index in [2.05, 4.69) is 10.6 Å². The van der Waals surface area contributed by atoms with Crippen molar-refractivity contribution < 1.29 is 99.4 Å². The number of aryl methyl sites for hydroxylation is 2. The molecule has 11 nitrogen and oxygen atoms in total. The van der Waals surface area contributed by atoms with Crippen LogP contribution in [0.2, 0.25) is 0 Å². The van der Waals surface area contributed by atoms with Crippen molar-refractivity contribution in [3.8, 4) is 11.5 Å². The third-order valence-corrected chi connectivity index (χ3v) is 8.76. The van der Waals surface area contributed by atoms with Gasteiger partial charge in [0.1, 0.15) is 26.0 Å². The number of fused-ring (bicyclic) bond motifs is 2. The summed E-state index contributed by atoms with van der Waals surface area (Å²) >= 11 is 0. The Labute approximate surface area is 298 Å². The zero-order chi connectivity index (χ0) is 30.6. The first-order chi connectivity index (χ1) is 19.7. The van der Waals surface area contributed by atoms with Gasteiger partial charge in [-0.3, -0.25) is 9.59 Å². The van der Waals surface area contributed by atoms with Gasteiger partial charge in [0.15, 0.2) is 17.3 Å². The van der Waals surface area contributed by atoms with Crippen molar-refractivity contribution in [2.75, 3.05) is 17.7 Å². The minimum absolute atomic E-state index is 0. The molecule has 44 heavy (non-hydrogen) atoms. The normalized spacial score (nSPS) is 12.3. The molecule has 1 aliphatic rings. The van der Waals surface area contributed by atoms with Crippen molar-refractivity contribution in [3.05, 3.63) is 100 Å². The molecule has 0 aromatic heterocycles. The summed E-state index contributed by atoms with van der Waals surface area (Å²) < 4.78 is 76.7. The van der Waals surface area contributed by atoms with Crippen molar-refractivity contribution in [3.63, 3.8) is 0 Å². The molecular formula is C29H22N2Na2O9S2. The van der Waals surface area contributed by atoms with Gasteiger partial charge in [-0.2, -0.15) is 0 Å². The number of carbonyl (C=O) groups excluding carboxylic acids is 2. The monoisotopic (exact) mass is 652 g/mol. The molecule has 0 radical (unpaired) electrons. The fourth-order valence-corrected chi connectivity index (χ4v) is 6.30. The van der Waals surface area contributed by atoms with Gasteiger partial charge in [-0.1, -0.05) is 36.4 Å². The van der Waals surface area contributed by atoms with Gasteiger partial charge >= 0.3 is 59.1 Å². The van der Waals surface area contributed by atoms with Gasteiger partial charge in [-0.25, -0.2) is 16.8 Å². The Kier molecular flexibility index (Phi) is 11.0. The minimum atomic E-state index is -4.83. The number of ketones is 2. The van der Waals surface area contributed by atoms with Crippen LogP contribution in [0.4, 0.5) is 17.1 Å². The first kappa shape index (κ1) is 35.9. The van der Waals surface area contributed by atoms with Crippen LogP contribution in [0, 0.1) is 13.8 Å². The Hall–Kier alpha value is -2.56. The van der Waals surface area contributed by atoms with Crippen LogP contribution in [0.5, 0.6) is 11.5 Å². The summed E-state index contributed by atoms with van der Waals surface area (Å²) in [5, 5.41) is 5.83. The van der Waals surface area contributed by atoms with Gasteiger partial charge in [0.05, 0.1) is 32.3 Å². The zero-order valence-electron chi connectivity index (χ0n) is 24.3. The van der Waals surface area contributed by atoms with Crippen molar-refractivity contribution in [2.45, 2.75) is 23.6 Å². The topological polar surface area (TPSA) is 182 Å². The van der Waals surface area contributed by atoms with Gasteiger partial charge in [-0.15, -0.1) is 0 Å². The molecule has 0 saturated heterocycles. The second kappa shape index (κ2) is 13.4. The van der Waals surface area contributed by atoms with Crippen LogP contribution in [0.25, 0.3) is 0 Å². The molecule has 0 fully saturated rings. The molecule has 0 bridgehead atoms.